The van der Waals surface area contributed by atoms with Gasteiger partial charge in [0.05, 0.1) is 11.7 Å². The Hall–Kier alpha value is -2.16. The standard InChI is InChI=1S/C17H17FO2/c1-11(2)20-14-6-4-5-13(10-14)17(19)15-9-12(3)7-8-16(15)18/h4-11H,1-3H3. The van der Waals surface area contributed by atoms with E-state index in [2.05, 4.69) is 0 Å². The van der Waals surface area contributed by atoms with Gasteiger partial charge in [0, 0.05) is 5.56 Å². The molecule has 104 valence electrons. The lowest BCUT2D eigenvalue weighted by Crippen LogP contribution is -2.08. The minimum Gasteiger partial charge on any atom is -0.491 e. The molecule has 0 spiro atoms. The van der Waals surface area contributed by atoms with Crippen molar-refractivity contribution >= 4 is 5.78 Å². The average Bonchev–Trinajstić information content (AvgIpc) is 2.40. The normalized spacial score (nSPS) is 10.7. The molecule has 0 aliphatic rings. The highest BCUT2D eigenvalue weighted by atomic mass is 19.1. The third-order valence-electron chi connectivity index (χ3n) is 2.83. The first kappa shape index (κ1) is 14.3. The van der Waals surface area contributed by atoms with E-state index < -0.39 is 5.82 Å². The van der Waals surface area contributed by atoms with Gasteiger partial charge in [-0.3, -0.25) is 4.79 Å². The molecule has 0 bridgehead atoms. The predicted octanol–water partition coefficient (Wildman–Crippen LogP) is 4.15. The summed E-state index contributed by atoms with van der Waals surface area (Å²) in [6, 6.07) is 11.3. The minimum atomic E-state index is -0.504. The number of carbonyl (C=O) groups is 1. The average molecular weight is 272 g/mol. The van der Waals surface area contributed by atoms with E-state index in [1.807, 2.05) is 20.8 Å². The van der Waals surface area contributed by atoms with E-state index in [4.69, 9.17) is 4.74 Å². The van der Waals surface area contributed by atoms with Crippen LogP contribution in [0.4, 0.5) is 4.39 Å². The van der Waals surface area contributed by atoms with Gasteiger partial charge in [0.15, 0.2) is 5.78 Å². The molecule has 0 saturated carbocycles. The molecule has 2 rings (SSSR count). The van der Waals surface area contributed by atoms with Gasteiger partial charge in [0.2, 0.25) is 0 Å². The Bertz CT molecular complexity index is 633. The summed E-state index contributed by atoms with van der Waals surface area (Å²) in [5.41, 5.74) is 1.36. The highest BCUT2D eigenvalue weighted by Crippen LogP contribution is 2.20. The Balaban J connectivity index is 2.35. The lowest BCUT2D eigenvalue weighted by molar-refractivity contribution is 0.103. The molecule has 2 nitrogen and oxygen atoms in total. The van der Waals surface area contributed by atoms with Crippen molar-refractivity contribution in [2.24, 2.45) is 0 Å². The van der Waals surface area contributed by atoms with Crippen LogP contribution in [-0.2, 0) is 0 Å². The molecule has 2 aromatic carbocycles. The molecule has 2 aromatic rings. The highest BCUT2D eigenvalue weighted by molar-refractivity contribution is 6.09. The van der Waals surface area contributed by atoms with Crippen LogP contribution in [-0.4, -0.2) is 11.9 Å². The molecule has 0 aliphatic heterocycles. The Kier molecular flexibility index (Phi) is 4.18. The minimum absolute atomic E-state index is 0.0241. The molecule has 0 amide bonds. The van der Waals surface area contributed by atoms with Gasteiger partial charge >= 0.3 is 0 Å². The summed E-state index contributed by atoms with van der Waals surface area (Å²) in [6.07, 6.45) is 0.0241. The number of aryl methyl sites for hydroxylation is 1. The summed E-state index contributed by atoms with van der Waals surface area (Å²) >= 11 is 0. The van der Waals surface area contributed by atoms with Crippen molar-refractivity contribution in [3.63, 3.8) is 0 Å². The molecule has 0 heterocycles. The molecule has 0 aliphatic carbocycles. The van der Waals surface area contributed by atoms with Crippen LogP contribution < -0.4 is 4.74 Å². The first-order valence-corrected chi connectivity index (χ1v) is 6.55. The maximum absolute atomic E-state index is 13.8. The van der Waals surface area contributed by atoms with Crippen LogP contribution in [0.3, 0.4) is 0 Å². The summed E-state index contributed by atoms with van der Waals surface area (Å²) in [4.78, 5) is 12.4. The molecular weight excluding hydrogens is 255 g/mol. The molecular formula is C17H17FO2. The lowest BCUT2D eigenvalue weighted by atomic mass is 10.0. The van der Waals surface area contributed by atoms with Gasteiger partial charge < -0.3 is 4.74 Å². The number of benzene rings is 2. The molecule has 3 heteroatoms. The van der Waals surface area contributed by atoms with Gasteiger partial charge in [-0.05, 0) is 45.0 Å². The fourth-order valence-corrected chi connectivity index (χ4v) is 1.95. The van der Waals surface area contributed by atoms with Crippen molar-refractivity contribution < 1.29 is 13.9 Å². The van der Waals surface area contributed by atoms with Crippen LogP contribution in [0.2, 0.25) is 0 Å². The Morgan fingerprint density at radius 2 is 1.90 bits per heavy atom. The third kappa shape index (κ3) is 3.23. The Morgan fingerprint density at radius 1 is 1.15 bits per heavy atom. The second-order valence-electron chi connectivity index (χ2n) is 5.01. The molecule has 0 unspecified atom stereocenters. The predicted molar refractivity (Wildman–Crippen MR) is 76.8 cm³/mol. The Morgan fingerprint density at radius 3 is 2.60 bits per heavy atom. The van der Waals surface area contributed by atoms with Gasteiger partial charge in [-0.25, -0.2) is 4.39 Å². The van der Waals surface area contributed by atoms with Crippen molar-refractivity contribution in [2.45, 2.75) is 26.9 Å². The Labute approximate surface area is 118 Å². The number of rotatable bonds is 4. The van der Waals surface area contributed by atoms with Gasteiger partial charge in [-0.15, -0.1) is 0 Å². The van der Waals surface area contributed by atoms with E-state index in [1.54, 1.807) is 36.4 Å². The first-order valence-electron chi connectivity index (χ1n) is 6.55. The monoisotopic (exact) mass is 272 g/mol. The number of halogens is 1. The largest absolute Gasteiger partial charge is 0.491 e. The van der Waals surface area contributed by atoms with Crippen LogP contribution in [0.5, 0.6) is 5.75 Å². The van der Waals surface area contributed by atoms with Crippen LogP contribution >= 0.6 is 0 Å². The summed E-state index contributed by atoms with van der Waals surface area (Å²) in [6.45, 7) is 5.65. The van der Waals surface area contributed by atoms with Gasteiger partial charge in [-0.2, -0.15) is 0 Å². The molecule has 0 radical (unpaired) electrons. The van der Waals surface area contributed by atoms with Crippen LogP contribution in [0.1, 0.15) is 35.3 Å². The van der Waals surface area contributed by atoms with Gasteiger partial charge in [-0.1, -0.05) is 23.8 Å². The number of ketones is 1. The zero-order chi connectivity index (χ0) is 14.7. The SMILES string of the molecule is Cc1ccc(F)c(C(=O)c2cccc(OC(C)C)c2)c1. The van der Waals surface area contributed by atoms with E-state index in [1.165, 1.54) is 6.07 Å². The van der Waals surface area contributed by atoms with E-state index in [9.17, 15) is 9.18 Å². The molecule has 0 saturated heterocycles. The fourth-order valence-electron chi connectivity index (χ4n) is 1.95. The second-order valence-corrected chi connectivity index (χ2v) is 5.01. The van der Waals surface area contributed by atoms with Crippen LogP contribution in [0, 0.1) is 12.7 Å². The van der Waals surface area contributed by atoms with Crippen molar-refractivity contribution in [3.8, 4) is 5.75 Å². The third-order valence-corrected chi connectivity index (χ3v) is 2.83. The second kappa shape index (κ2) is 5.87. The van der Waals surface area contributed by atoms with Crippen LogP contribution in [0.25, 0.3) is 0 Å². The topological polar surface area (TPSA) is 26.3 Å². The van der Waals surface area contributed by atoms with E-state index >= 15 is 0 Å². The van der Waals surface area contributed by atoms with Gasteiger partial charge in [0.1, 0.15) is 11.6 Å². The summed E-state index contributed by atoms with van der Waals surface area (Å²) < 4.78 is 19.3. The molecule has 20 heavy (non-hydrogen) atoms. The lowest BCUT2D eigenvalue weighted by Gasteiger charge is -2.11. The van der Waals surface area contributed by atoms with Crippen LogP contribution in [0.15, 0.2) is 42.5 Å². The zero-order valence-corrected chi connectivity index (χ0v) is 11.8. The molecule has 0 aromatic heterocycles. The number of hydrogen-bond donors (Lipinski definition) is 0. The number of hydrogen-bond acceptors (Lipinski definition) is 2. The van der Waals surface area contributed by atoms with E-state index in [0.717, 1.165) is 5.56 Å². The first-order chi connectivity index (χ1) is 9.47. The van der Waals surface area contributed by atoms with Crippen molar-refractivity contribution in [1.29, 1.82) is 0 Å². The van der Waals surface area contributed by atoms with Crippen molar-refractivity contribution in [1.82, 2.24) is 0 Å². The summed E-state index contributed by atoms with van der Waals surface area (Å²) in [5, 5.41) is 0. The zero-order valence-electron chi connectivity index (χ0n) is 11.8. The molecule has 0 N–H and O–H groups in total. The smallest absolute Gasteiger partial charge is 0.196 e. The summed E-state index contributed by atoms with van der Waals surface area (Å²) in [5.74, 6) is -0.227. The highest BCUT2D eigenvalue weighted by Gasteiger charge is 2.15. The number of ether oxygens (including phenoxy) is 1. The quantitative estimate of drug-likeness (QED) is 0.781. The van der Waals surface area contributed by atoms with E-state index in [0.29, 0.717) is 11.3 Å². The van der Waals surface area contributed by atoms with Crippen molar-refractivity contribution in [2.75, 3.05) is 0 Å². The fraction of sp³-hybridized carbons (Fsp3) is 0.235. The van der Waals surface area contributed by atoms with E-state index in [-0.39, 0.29) is 17.5 Å². The number of carbonyl (C=O) groups excluding carboxylic acids is 1. The molecule has 0 atom stereocenters. The van der Waals surface area contributed by atoms with Gasteiger partial charge in [0.25, 0.3) is 0 Å². The van der Waals surface area contributed by atoms with Crippen molar-refractivity contribution in [3.05, 3.63) is 65.0 Å². The molecule has 0 fully saturated rings. The summed E-state index contributed by atoms with van der Waals surface area (Å²) in [7, 11) is 0. The maximum atomic E-state index is 13.8. The maximum Gasteiger partial charge on any atom is 0.196 e.